The van der Waals surface area contributed by atoms with Crippen LogP contribution >= 0.6 is 0 Å². The molecule has 1 unspecified atom stereocenters. The topological polar surface area (TPSA) is 61.4 Å². The summed E-state index contributed by atoms with van der Waals surface area (Å²) in [6, 6.07) is -0.850. The number of aliphatic hydroxyl groups is 1. The van der Waals surface area contributed by atoms with Gasteiger partial charge in [-0.1, -0.05) is 6.92 Å². The van der Waals surface area contributed by atoms with Crippen LogP contribution < -0.4 is 10.6 Å². The smallest absolute Gasteiger partial charge is 0.396 e. The summed E-state index contributed by atoms with van der Waals surface area (Å²) < 4.78 is 35.0. The Labute approximate surface area is 85.8 Å². The zero-order valence-corrected chi connectivity index (χ0v) is 8.40. The summed E-state index contributed by atoms with van der Waals surface area (Å²) >= 11 is 0. The molecule has 0 aromatic rings. The molecule has 0 saturated carbocycles. The molecule has 15 heavy (non-hydrogen) atoms. The zero-order chi connectivity index (χ0) is 11.9. The molecular formula is C8H15F3N2O2. The van der Waals surface area contributed by atoms with E-state index in [1.165, 1.54) is 0 Å². The van der Waals surface area contributed by atoms with Crippen LogP contribution in [-0.2, 0) is 0 Å². The molecule has 2 amide bonds. The predicted octanol–water partition coefficient (Wildman–Crippen LogP) is 0.866. The molecule has 0 radical (unpaired) electrons. The summed E-state index contributed by atoms with van der Waals surface area (Å²) in [6.07, 6.45) is -3.90. The second-order valence-corrected chi connectivity index (χ2v) is 3.30. The molecule has 0 aliphatic carbocycles. The molecule has 3 N–H and O–H groups in total. The first-order valence-corrected chi connectivity index (χ1v) is 4.54. The molecule has 0 aliphatic rings. The molecule has 0 heterocycles. The number of halogens is 3. The van der Waals surface area contributed by atoms with Crippen LogP contribution in [0.4, 0.5) is 18.0 Å². The van der Waals surface area contributed by atoms with E-state index in [2.05, 4.69) is 5.32 Å². The number of hydrogen-bond acceptors (Lipinski definition) is 2. The highest BCUT2D eigenvalue weighted by Gasteiger charge is 2.27. The monoisotopic (exact) mass is 228 g/mol. The van der Waals surface area contributed by atoms with E-state index in [-0.39, 0.29) is 19.1 Å². The van der Waals surface area contributed by atoms with E-state index in [9.17, 15) is 18.0 Å². The van der Waals surface area contributed by atoms with Crippen molar-refractivity contribution in [2.24, 2.45) is 5.92 Å². The molecule has 0 spiro atoms. The van der Waals surface area contributed by atoms with Crippen LogP contribution in [0.25, 0.3) is 0 Å². The molecule has 0 aromatic heterocycles. The van der Waals surface area contributed by atoms with Crippen molar-refractivity contribution >= 4 is 6.03 Å². The van der Waals surface area contributed by atoms with Gasteiger partial charge in [0.1, 0.15) is 6.54 Å². The second-order valence-electron chi connectivity index (χ2n) is 3.30. The van der Waals surface area contributed by atoms with Crippen molar-refractivity contribution in [1.29, 1.82) is 0 Å². The Bertz CT molecular complexity index is 197. The van der Waals surface area contributed by atoms with Crippen molar-refractivity contribution in [1.82, 2.24) is 10.6 Å². The van der Waals surface area contributed by atoms with Crippen LogP contribution in [0.2, 0.25) is 0 Å². The van der Waals surface area contributed by atoms with Gasteiger partial charge >= 0.3 is 12.2 Å². The minimum Gasteiger partial charge on any atom is -0.396 e. The molecular weight excluding hydrogens is 213 g/mol. The summed E-state index contributed by atoms with van der Waals surface area (Å²) in [5, 5.41) is 12.5. The molecule has 0 aliphatic heterocycles. The lowest BCUT2D eigenvalue weighted by Gasteiger charge is -2.12. The third kappa shape index (κ3) is 9.33. The van der Waals surface area contributed by atoms with Crippen LogP contribution in [0.1, 0.15) is 13.3 Å². The zero-order valence-electron chi connectivity index (χ0n) is 8.40. The summed E-state index contributed by atoms with van der Waals surface area (Å²) in [4.78, 5) is 10.8. The Morgan fingerprint density at radius 1 is 1.40 bits per heavy atom. The summed E-state index contributed by atoms with van der Waals surface area (Å²) in [6.45, 7) is 0.671. The quantitative estimate of drug-likeness (QED) is 0.653. The van der Waals surface area contributed by atoms with E-state index in [0.29, 0.717) is 6.42 Å². The molecule has 90 valence electrons. The summed E-state index contributed by atoms with van der Waals surface area (Å²) in [7, 11) is 0. The first kappa shape index (κ1) is 14.0. The van der Waals surface area contributed by atoms with Gasteiger partial charge in [0.15, 0.2) is 0 Å². The van der Waals surface area contributed by atoms with Crippen LogP contribution in [-0.4, -0.2) is 37.0 Å². The number of carbonyl (C=O) groups excluding carboxylic acids is 1. The van der Waals surface area contributed by atoms with E-state index >= 15 is 0 Å². The Hall–Kier alpha value is -0.980. The third-order valence-corrected chi connectivity index (χ3v) is 1.68. The molecule has 0 bridgehead atoms. The number of amides is 2. The van der Waals surface area contributed by atoms with E-state index in [0.717, 1.165) is 0 Å². The second kappa shape index (κ2) is 6.49. The van der Waals surface area contributed by atoms with Crippen LogP contribution in [0.3, 0.4) is 0 Å². The van der Waals surface area contributed by atoms with Gasteiger partial charge in [0, 0.05) is 13.2 Å². The van der Waals surface area contributed by atoms with Crippen molar-refractivity contribution in [3.8, 4) is 0 Å². The summed E-state index contributed by atoms with van der Waals surface area (Å²) in [5.74, 6) is 0.0339. The molecule has 0 aromatic carbocycles. The highest BCUT2D eigenvalue weighted by atomic mass is 19.4. The first-order valence-electron chi connectivity index (χ1n) is 4.54. The fraction of sp³-hybridized carbons (Fsp3) is 0.875. The Kier molecular flexibility index (Phi) is 6.07. The van der Waals surface area contributed by atoms with Crippen LogP contribution in [0.15, 0.2) is 0 Å². The SMILES string of the molecule is CC(CCO)CNC(=O)NCC(F)(F)F. The fourth-order valence-corrected chi connectivity index (χ4v) is 0.832. The molecule has 0 rings (SSSR count). The number of hydrogen-bond donors (Lipinski definition) is 3. The largest absolute Gasteiger partial charge is 0.405 e. The van der Waals surface area contributed by atoms with Crippen LogP contribution in [0, 0.1) is 5.92 Å². The fourth-order valence-electron chi connectivity index (χ4n) is 0.832. The number of urea groups is 1. The predicted molar refractivity (Wildman–Crippen MR) is 48.3 cm³/mol. The van der Waals surface area contributed by atoms with Gasteiger partial charge in [0.2, 0.25) is 0 Å². The minimum absolute atomic E-state index is 0.00693. The van der Waals surface area contributed by atoms with Crippen LogP contribution in [0.5, 0.6) is 0 Å². The standard InChI is InChI=1S/C8H15F3N2O2/c1-6(2-3-14)4-12-7(15)13-5-8(9,10)11/h6,14H,2-5H2,1H3,(H2,12,13,15). The molecule has 0 saturated heterocycles. The number of rotatable bonds is 5. The maximum absolute atomic E-state index is 11.7. The van der Waals surface area contributed by atoms with Gasteiger partial charge in [-0.2, -0.15) is 13.2 Å². The van der Waals surface area contributed by atoms with Gasteiger partial charge in [0.25, 0.3) is 0 Å². The lowest BCUT2D eigenvalue weighted by Crippen LogP contribution is -2.42. The Morgan fingerprint density at radius 3 is 2.47 bits per heavy atom. The van der Waals surface area contributed by atoms with Gasteiger partial charge < -0.3 is 15.7 Å². The van der Waals surface area contributed by atoms with Crippen molar-refractivity contribution in [2.45, 2.75) is 19.5 Å². The van der Waals surface area contributed by atoms with Crippen molar-refractivity contribution in [3.63, 3.8) is 0 Å². The molecule has 1 atom stereocenters. The molecule has 0 fully saturated rings. The van der Waals surface area contributed by atoms with Gasteiger partial charge in [-0.25, -0.2) is 4.79 Å². The first-order chi connectivity index (χ1) is 6.85. The average Bonchev–Trinajstić information content (AvgIpc) is 2.11. The average molecular weight is 228 g/mol. The highest BCUT2D eigenvalue weighted by molar-refractivity contribution is 5.73. The number of alkyl halides is 3. The third-order valence-electron chi connectivity index (χ3n) is 1.68. The number of aliphatic hydroxyl groups excluding tert-OH is 1. The highest BCUT2D eigenvalue weighted by Crippen LogP contribution is 2.11. The van der Waals surface area contributed by atoms with Gasteiger partial charge in [-0.15, -0.1) is 0 Å². The number of nitrogens with one attached hydrogen (secondary N) is 2. The van der Waals surface area contributed by atoms with E-state index in [4.69, 9.17) is 5.11 Å². The summed E-state index contributed by atoms with van der Waals surface area (Å²) in [5.41, 5.74) is 0. The lowest BCUT2D eigenvalue weighted by molar-refractivity contribution is -0.122. The number of carbonyl (C=O) groups is 1. The molecule has 4 nitrogen and oxygen atoms in total. The maximum atomic E-state index is 11.7. The Balaban J connectivity index is 3.58. The van der Waals surface area contributed by atoms with Gasteiger partial charge in [-0.3, -0.25) is 0 Å². The van der Waals surface area contributed by atoms with E-state index in [1.807, 2.05) is 0 Å². The maximum Gasteiger partial charge on any atom is 0.405 e. The normalized spacial score (nSPS) is 13.4. The van der Waals surface area contributed by atoms with Gasteiger partial charge in [-0.05, 0) is 12.3 Å². The van der Waals surface area contributed by atoms with E-state index in [1.54, 1.807) is 12.2 Å². The van der Waals surface area contributed by atoms with Crippen molar-refractivity contribution in [2.75, 3.05) is 19.7 Å². The van der Waals surface area contributed by atoms with Crippen molar-refractivity contribution < 1.29 is 23.1 Å². The van der Waals surface area contributed by atoms with E-state index < -0.39 is 18.8 Å². The lowest BCUT2D eigenvalue weighted by atomic mass is 10.1. The Morgan fingerprint density at radius 2 is 2.00 bits per heavy atom. The minimum atomic E-state index is -4.39. The van der Waals surface area contributed by atoms with Gasteiger partial charge in [0.05, 0.1) is 0 Å². The van der Waals surface area contributed by atoms with Crippen molar-refractivity contribution in [3.05, 3.63) is 0 Å². The molecule has 7 heteroatoms.